The van der Waals surface area contributed by atoms with Crippen LogP contribution in [0.25, 0.3) is 0 Å². The molecule has 0 aliphatic rings. The van der Waals surface area contributed by atoms with Gasteiger partial charge in [-0.25, -0.2) is 4.99 Å². The topological polar surface area (TPSA) is 65.3 Å². The monoisotopic (exact) mass is 285 g/mol. The smallest absolute Gasteiger partial charge is 0.222 e. The zero-order valence-corrected chi connectivity index (χ0v) is 11.5. The number of nitrogens with zero attached hydrogens (tertiary/aromatic N) is 1. The summed E-state index contributed by atoms with van der Waals surface area (Å²) in [5, 5.41) is 9.51. The van der Waals surface area contributed by atoms with Crippen molar-refractivity contribution in [3.8, 4) is 11.8 Å². The van der Waals surface area contributed by atoms with E-state index in [-0.39, 0.29) is 10.5 Å². The molecule has 0 spiro atoms. The lowest BCUT2D eigenvalue weighted by Gasteiger charge is -1.98. The molecule has 0 aromatic carbocycles. The fourth-order valence-electron chi connectivity index (χ4n) is 0.553. The Morgan fingerprint density at radius 2 is 2.06 bits per heavy atom. The highest BCUT2D eigenvalue weighted by Gasteiger charge is 1.94. The minimum absolute atomic E-state index is 0.123. The Bertz CT molecular complexity index is 348. The first-order chi connectivity index (χ1) is 7.56. The first kappa shape index (κ1) is 17.0. The van der Waals surface area contributed by atoms with Crippen molar-refractivity contribution in [1.82, 2.24) is 5.32 Å². The van der Waals surface area contributed by atoms with E-state index in [4.69, 9.17) is 5.41 Å². The van der Waals surface area contributed by atoms with Gasteiger partial charge in [-0.3, -0.25) is 10.2 Å². The lowest BCUT2D eigenvalue weighted by atomic mass is 10.5. The molecule has 0 aromatic heterocycles. The minimum atomic E-state index is -0.229. The van der Waals surface area contributed by atoms with Gasteiger partial charge in [-0.05, 0) is 22.9 Å². The third-order valence-corrected chi connectivity index (χ3v) is 1.18. The molecule has 0 aromatic rings. The van der Waals surface area contributed by atoms with Crippen LogP contribution in [-0.2, 0) is 4.79 Å². The zero-order valence-electron chi connectivity index (χ0n) is 9.89. The molecule has 0 fully saturated rings. The number of rotatable bonds is 3. The Labute approximate surface area is 105 Å². The van der Waals surface area contributed by atoms with E-state index in [1.165, 1.54) is 19.2 Å². The molecule has 0 saturated carbocycles. The number of amides is 1. The second kappa shape index (κ2) is 11.7. The minimum Gasteiger partial charge on any atom is -0.310 e. The summed E-state index contributed by atoms with van der Waals surface area (Å²) in [5.41, 5.74) is 0. The number of nitrogens with one attached hydrogen (secondary N) is 2. The van der Waals surface area contributed by atoms with E-state index in [0.29, 0.717) is 5.82 Å². The Hall–Kier alpha value is -1.41. The molecule has 1 amide bonds. The molecule has 0 unspecified atom stereocenters. The van der Waals surface area contributed by atoms with Crippen LogP contribution in [0, 0.1) is 17.3 Å². The molecule has 0 aliphatic carbocycles. The molecule has 88 valence electrons. The van der Waals surface area contributed by atoms with Crippen LogP contribution in [0.2, 0.25) is 0 Å². The van der Waals surface area contributed by atoms with Gasteiger partial charge < -0.3 is 5.32 Å². The van der Waals surface area contributed by atoms with Crippen LogP contribution >= 0.6 is 15.9 Å². The van der Waals surface area contributed by atoms with Gasteiger partial charge in [0, 0.05) is 13.0 Å². The number of carbonyl (C=O) groups is 1. The van der Waals surface area contributed by atoms with Crippen LogP contribution in [0.4, 0.5) is 0 Å². The largest absolute Gasteiger partial charge is 0.310 e. The van der Waals surface area contributed by atoms with E-state index in [1.807, 2.05) is 13.8 Å². The maximum atomic E-state index is 10.7. The highest BCUT2D eigenvalue weighted by atomic mass is 79.9. The van der Waals surface area contributed by atoms with Crippen LogP contribution in [0.1, 0.15) is 27.7 Å². The van der Waals surface area contributed by atoms with Crippen molar-refractivity contribution in [3.05, 3.63) is 11.9 Å². The molecule has 4 nitrogen and oxygen atoms in total. The lowest BCUT2D eigenvalue weighted by molar-refractivity contribution is -0.118. The first-order valence-electron chi connectivity index (χ1n) is 4.74. The normalized spacial score (nSPS) is 9.69. The SMILES string of the molecule is CC.CC#C/C=C(/N=C\C(=N)Br)NC(C)=O. The highest BCUT2D eigenvalue weighted by Crippen LogP contribution is 1.91. The van der Waals surface area contributed by atoms with Crippen molar-refractivity contribution in [2.24, 2.45) is 4.99 Å². The Morgan fingerprint density at radius 3 is 2.44 bits per heavy atom. The summed E-state index contributed by atoms with van der Waals surface area (Å²) in [5.74, 6) is 5.38. The Kier molecular flexibility index (Phi) is 12.4. The predicted molar refractivity (Wildman–Crippen MR) is 71.8 cm³/mol. The summed E-state index contributed by atoms with van der Waals surface area (Å²) in [6, 6.07) is 0. The lowest BCUT2D eigenvalue weighted by Crippen LogP contribution is -2.18. The van der Waals surface area contributed by atoms with Crippen molar-refractivity contribution < 1.29 is 4.79 Å². The van der Waals surface area contributed by atoms with Gasteiger partial charge in [0.1, 0.15) is 10.4 Å². The molecule has 0 aliphatic heterocycles. The van der Waals surface area contributed by atoms with Gasteiger partial charge in [0.2, 0.25) is 5.91 Å². The summed E-state index contributed by atoms with van der Waals surface area (Å²) in [6.07, 6.45) is 2.73. The summed E-state index contributed by atoms with van der Waals surface area (Å²) < 4.78 is 0.123. The fourth-order valence-corrected chi connectivity index (χ4v) is 0.655. The molecular weight excluding hydrogens is 270 g/mol. The summed E-state index contributed by atoms with van der Waals surface area (Å²) >= 11 is 2.90. The van der Waals surface area contributed by atoms with Crippen molar-refractivity contribution in [2.75, 3.05) is 0 Å². The Morgan fingerprint density at radius 1 is 1.50 bits per heavy atom. The highest BCUT2D eigenvalue weighted by molar-refractivity contribution is 9.19. The maximum absolute atomic E-state index is 10.7. The average molecular weight is 286 g/mol. The number of aliphatic imine (C=N–C) groups is 1. The van der Waals surface area contributed by atoms with E-state index >= 15 is 0 Å². The summed E-state index contributed by atoms with van der Waals surface area (Å²) in [4.78, 5) is 14.6. The maximum Gasteiger partial charge on any atom is 0.222 e. The van der Waals surface area contributed by atoms with Gasteiger partial charge >= 0.3 is 0 Å². The number of allylic oxidation sites excluding steroid dienone is 1. The summed E-state index contributed by atoms with van der Waals surface area (Å²) in [7, 11) is 0. The van der Waals surface area contributed by atoms with Crippen LogP contribution in [0.3, 0.4) is 0 Å². The molecule has 0 atom stereocenters. The summed E-state index contributed by atoms with van der Waals surface area (Å²) in [6.45, 7) is 7.06. The van der Waals surface area contributed by atoms with E-state index in [0.717, 1.165) is 0 Å². The quantitative estimate of drug-likeness (QED) is 0.607. The number of hydrogen-bond donors (Lipinski definition) is 2. The fraction of sp³-hybridized carbons (Fsp3) is 0.364. The number of halogens is 1. The average Bonchev–Trinajstić information content (AvgIpc) is 2.24. The van der Waals surface area contributed by atoms with Crippen molar-refractivity contribution in [1.29, 1.82) is 5.41 Å². The standard InChI is InChI=1S/C9H10BrN3O.C2H6/c1-3-4-5-9(13-7(2)14)12-6-8(10)11;1-2/h5-6,11H,1-2H3,(H,13,14);1-2H3/b9-5-,11-8?,12-6-;. The molecule has 5 heteroatoms. The van der Waals surface area contributed by atoms with Crippen LogP contribution in [-0.4, -0.2) is 16.7 Å². The van der Waals surface area contributed by atoms with Crippen molar-refractivity contribution >= 4 is 32.7 Å². The van der Waals surface area contributed by atoms with E-state index in [2.05, 4.69) is 38.1 Å². The molecule has 0 saturated heterocycles. The van der Waals surface area contributed by atoms with Crippen LogP contribution in [0.15, 0.2) is 16.9 Å². The second-order valence-electron chi connectivity index (χ2n) is 2.21. The van der Waals surface area contributed by atoms with Gasteiger partial charge in [-0.2, -0.15) is 0 Å². The molecule has 0 rings (SSSR count). The third-order valence-electron chi connectivity index (χ3n) is 0.974. The van der Waals surface area contributed by atoms with Crippen molar-refractivity contribution in [2.45, 2.75) is 27.7 Å². The van der Waals surface area contributed by atoms with E-state index in [9.17, 15) is 4.79 Å². The predicted octanol–water partition coefficient (Wildman–Crippen LogP) is 2.46. The molecule has 0 bridgehead atoms. The van der Waals surface area contributed by atoms with Crippen LogP contribution < -0.4 is 5.32 Å². The first-order valence-corrected chi connectivity index (χ1v) is 5.53. The number of hydrogen-bond acceptors (Lipinski definition) is 3. The zero-order chi connectivity index (χ0) is 13.0. The van der Waals surface area contributed by atoms with E-state index in [1.54, 1.807) is 6.92 Å². The van der Waals surface area contributed by atoms with Gasteiger partial charge in [0.05, 0.1) is 6.21 Å². The molecule has 2 N–H and O–H groups in total. The van der Waals surface area contributed by atoms with Crippen LogP contribution in [0.5, 0.6) is 0 Å². The molecule has 0 heterocycles. The Balaban J connectivity index is 0. The second-order valence-corrected chi connectivity index (χ2v) is 3.07. The van der Waals surface area contributed by atoms with Crippen molar-refractivity contribution in [3.63, 3.8) is 0 Å². The molecular formula is C11H16BrN3O. The van der Waals surface area contributed by atoms with Gasteiger partial charge in [0.15, 0.2) is 0 Å². The molecule has 16 heavy (non-hydrogen) atoms. The van der Waals surface area contributed by atoms with Gasteiger partial charge in [-0.15, -0.1) is 5.92 Å². The number of carbonyl (C=O) groups excluding carboxylic acids is 1. The third kappa shape index (κ3) is 12.6. The van der Waals surface area contributed by atoms with Gasteiger partial charge in [-0.1, -0.05) is 19.8 Å². The molecule has 0 radical (unpaired) electrons. The van der Waals surface area contributed by atoms with Gasteiger partial charge in [0.25, 0.3) is 0 Å². The van der Waals surface area contributed by atoms with E-state index < -0.39 is 0 Å².